The van der Waals surface area contributed by atoms with E-state index in [1.165, 1.54) is 6.33 Å². The Bertz CT molecular complexity index is 948. The maximum absolute atomic E-state index is 12.7. The van der Waals surface area contributed by atoms with Crippen LogP contribution >= 0.6 is 11.6 Å². The second kappa shape index (κ2) is 7.13. The first-order valence-corrected chi connectivity index (χ1v) is 9.14. The monoisotopic (exact) mass is 385 g/mol. The zero-order valence-electron chi connectivity index (χ0n) is 14.7. The summed E-state index contributed by atoms with van der Waals surface area (Å²) in [5, 5.41) is 3.61. The first-order chi connectivity index (χ1) is 13.0. The van der Waals surface area contributed by atoms with Crippen molar-refractivity contribution in [3.8, 4) is 0 Å². The number of nitrogens with two attached hydrogens (primary N) is 1. The molecule has 27 heavy (non-hydrogen) atoms. The molecule has 3 aromatic rings. The SMILES string of the molecule is NC1(C(=O)NCc2ccc(Cl)cc2)CCN(c2ncnc3nc[nH]c23)CC1. The van der Waals surface area contributed by atoms with Crippen LogP contribution in [0.2, 0.25) is 5.02 Å². The van der Waals surface area contributed by atoms with Crippen molar-refractivity contribution in [3.63, 3.8) is 0 Å². The molecule has 8 nitrogen and oxygen atoms in total. The van der Waals surface area contributed by atoms with Gasteiger partial charge < -0.3 is 20.9 Å². The van der Waals surface area contributed by atoms with Gasteiger partial charge in [0, 0.05) is 24.7 Å². The van der Waals surface area contributed by atoms with E-state index >= 15 is 0 Å². The van der Waals surface area contributed by atoms with Crippen LogP contribution in [-0.2, 0) is 11.3 Å². The summed E-state index contributed by atoms with van der Waals surface area (Å²) in [7, 11) is 0. The lowest BCUT2D eigenvalue weighted by Gasteiger charge is -2.38. The number of aromatic amines is 1. The number of benzene rings is 1. The second-order valence-corrected chi connectivity index (χ2v) is 7.19. The number of rotatable bonds is 4. The number of nitrogens with one attached hydrogen (secondary N) is 2. The maximum Gasteiger partial charge on any atom is 0.240 e. The zero-order chi connectivity index (χ0) is 18.9. The standard InChI is InChI=1S/C18H20ClN7O/c19-13-3-1-12(2-4-13)9-21-17(27)18(20)5-7-26(8-6-18)16-14-15(23-10-22-14)24-11-25-16/h1-4,10-11H,5-9,20H2,(H,21,27)(H,22,23,24,25). The molecule has 0 bridgehead atoms. The van der Waals surface area contributed by atoms with Crippen LogP contribution < -0.4 is 16.0 Å². The third kappa shape index (κ3) is 3.58. The van der Waals surface area contributed by atoms with Gasteiger partial charge in [0.2, 0.25) is 5.91 Å². The van der Waals surface area contributed by atoms with Gasteiger partial charge in [-0.3, -0.25) is 4.79 Å². The summed E-state index contributed by atoms with van der Waals surface area (Å²) in [6.45, 7) is 1.70. The van der Waals surface area contributed by atoms with Crippen LogP contribution in [0, 0.1) is 0 Å². The van der Waals surface area contributed by atoms with Gasteiger partial charge in [-0.2, -0.15) is 0 Å². The number of hydrogen-bond acceptors (Lipinski definition) is 6. The number of aromatic nitrogens is 4. The number of hydrogen-bond donors (Lipinski definition) is 3. The van der Waals surface area contributed by atoms with Gasteiger partial charge in [0.05, 0.1) is 11.9 Å². The Kier molecular flexibility index (Phi) is 4.67. The van der Waals surface area contributed by atoms with E-state index in [1.54, 1.807) is 18.5 Å². The van der Waals surface area contributed by atoms with Gasteiger partial charge >= 0.3 is 0 Å². The molecule has 1 aliphatic heterocycles. The van der Waals surface area contributed by atoms with E-state index in [9.17, 15) is 4.79 Å². The highest BCUT2D eigenvalue weighted by atomic mass is 35.5. The van der Waals surface area contributed by atoms with E-state index in [-0.39, 0.29) is 5.91 Å². The van der Waals surface area contributed by atoms with Crippen molar-refractivity contribution < 1.29 is 4.79 Å². The van der Waals surface area contributed by atoms with Crippen LogP contribution in [0.5, 0.6) is 0 Å². The van der Waals surface area contributed by atoms with Crippen LogP contribution in [0.25, 0.3) is 11.2 Å². The first-order valence-electron chi connectivity index (χ1n) is 8.76. The van der Waals surface area contributed by atoms with Crippen molar-refractivity contribution in [2.45, 2.75) is 24.9 Å². The average molecular weight is 386 g/mol. The Balaban J connectivity index is 1.39. The van der Waals surface area contributed by atoms with E-state index in [2.05, 4.69) is 30.2 Å². The summed E-state index contributed by atoms with van der Waals surface area (Å²) in [5.41, 5.74) is 7.94. The number of fused-ring (bicyclic) bond motifs is 1. The van der Waals surface area contributed by atoms with Crippen molar-refractivity contribution in [2.24, 2.45) is 5.73 Å². The van der Waals surface area contributed by atoms with Crippen LogP contribution in [0.3, 0.4) is 0 Å². The van der Waals surface area contributed by atoms with Gasteiger partial charge in [-0.1, -0.05) is 23.7 Å². The van der Waals surface area contributed by atoms with E-state index in [1.807, 2.05) is 12.1 Å². The van der Waals surface area contributed by atoms with E-state index in [0.29, 0.717) is 43.1 Å². The highest BCUT2D eigenvalue weighted by Crippen LogP contribution is 2.27. The van der Waals surface area contributed by atoms with Gasteiger partial charge in [-0.15, -0.1) is 0 Å². The molecule has 2 aromatic heterocycles. The van der Waals surface area contributed by atoms with Gasteiger partial charge in [0.25, 0.3) is 0 Å². The smallest absolute Gasteiger partial charge is 0.240 e. The lowest BCUT2D eigenvalue weighted by molar-refractivity contribution is -0.127. The third-order valence-electron chi connectivity index (χ3n) is 4.98. The van der Waals surface area contributed by atoms with Crippen molar-refractivity contribution in [2.75, 3.05) is 18.0 Å². The number of anilines is 1. The molecule has 1 fully saturated rings. The molecule has 0 saturated carbocycles. The number of carbonyl (C=O) groups is 1. The average Bonchev–Trinajstić information content (AvgIpc) is 3.17. The Morgan fingerprint density at radius 2 is 1.96 bits per heavy atom. The molecule has 0 radical (unpaired) electrons. The van der Waals surface area contributed by atoms with Gasteiger partial charge in [0.15, 0.2) is 11.5 Å². The summed E-state index contributed by atoms with van der Waals surface area (Å²) in [6.07, 6.45) is 4.18. The zero-order valence-corrected chi connectivity index (χ0v) is 15.4. The minimum Gasteiger partial charge on any atom is -0.355 e. The van der Waals surface area contributed by atoms with Crippen molar-refractivity contribution in [1.82, 2.24) is 25.3 Å². The number of nitrogens with zero attached hydrogens (tertiary/aromatic N) is 4. The van der Waals surface area contributed by atoms with Crippen molar-refractivity contribution in [1.29, 1.82) is 0 Å². The molecule has 1 saturated heterocycles. The van der Waals surface area contributed by atoms with Crippen LogP contribution in [-0.4, -0.2) is 44.5 Å². The molecule has 0 aliphatic carbocycles. The Hall–Kier alpha value is -2.71. The number of imidazole rings is 1. The minimum absolute atomic E-state index is 0.133. The summed E-state index contributed by atoms with van der Waals surface area (Å²) >= 11 is 5.88. The molecule has 9 heteroatoms. The normalized spacial score (nSPS) is 16.4. The quantitative estimate of drug-likeness (QED) is 0.629. The van der Waals surface area contributed by atoms with Gasteiger partial charge in [0.1, 0.15) is 11.8 Å². The van der Waals surface area contributed by atoms with Crippen LogP contribution in [0.15, 0.2) is 36.9 Å². The fourth-order valence-electron chi connectivity index (χ4n) is 3.30. The highest BCUT2D eigenvalue weighted by Gasteiger charge is 2.38. The lowest BCUT2D eigenvalue weighted by atomic mass is 9.87. The summed E-state index contributed by atoms with van der Waals surface area (Å²) in [4.78, 5) is 30.5. The molecule has 1 aromatic carbocycles. The van der Waals surface area contributed by atoms with Gasteiger partial charge in [-0.05, 0) is 30.5 Å². The molecule has 140 valence electrons. The molecule has 0 spiro atoms. The Morgan fingerprint density at radius 3 is 2.70 bits per heavy atom. The molecule has 4 N–H and O–H groups in total. The second-order valence-electron chi connectivity index (χ2n) is 6.75. The lowest BCUT2D eigenvalue weighted by Crippen LogP contribution is -2.59. The molecule has 4 rings (SSSR count). The van der Waals surface area contributed by atoms with Gasteiger partial charge in [-0.25, -0.2) is 15.0 Å². The fraction of sp³-hybridized carbons (Fsp3) is 0.333. The Morgan fingerprint density at radius 1 is 1.22 bits per heavy atom. The van der Waals surface area contributed by atoms with Crippen molar-refractivity contribution in [3.05, 3.63) is 47.5 Å². The van der Waals surface area contributed by atoms with E-state index in [4.69, 9.17) is 17.3 Å². The minimum atomic E-state index is -0.886. The summed E-state index contributed by atoms with van der Waals surface area (Å²) in [6, 6.07) is 7.38. The van der Waals surface area contributed by atoms with E-state index < -0.39 is 5.54 Å². The first kappa shape index (κ1) is 17.7. The number of carbonyl (C=O) groups excluding carboxylic acids is 1. The fourth-order valence-corrected chi connectivity index (χ4v) is 3.42. The molecule has 1 aliphatic rings. The van der Waals surface area contributed by atoms with Crippen LogP contribution in [0.4, 0.5) is 5.82 Å². The number of H-pyrrole nitrogens is 1. The van der Waals surface area contributed by atoms with Crippen LogP contribution in [0.1, 0.15) is 18.4 Å². The Labute approximate surface area is 161 Å². The molecule has 0 atom stereocenters. The molecular weight excluding hydrogens is 366 g/mol. The number of halogens is 1. The topological polar surface area (TPSA) is 113 Å². The van der Waals surface area contributed by atoms with E-state index in [0.717, 1.165) is 16.9 Å². The molecule has 3 heterocycles. The number of amides is 1. The maximum atomic E-state index is 12.7. The predicted molar refractivity (Wildman–Crippen MR) is 103 cm³/mol. The highest BCUT2D eigenvalue weighted by molar-refractivity contribution is 6.30. The third-order valence-corrected chi connectivity index (χ3v) is 5.23. The molecule has 0 unspecified atom stereocenters. The largest absolute Gasteiger partial charge is 0.355 e. The van der Waals surface area contributed by atoms with Crippen molar-refractivity contribution >= 4 is 34.5 Å². The summed E-state index contributed by atoms with van der Waals surface area (Å²) in [5.74, 6) is 0.660. The molecular formula is C18H20ClN7O. The summed E-state index contributed by atoms with van der Waals surface area (Å²) < 4.78 is 0. The molecule has 1 amide bonds. The number of piperidine rings is 1. The predicted octanol–water partition coefficient (Wildman–Crippen LogP) is 1.62.